The summed E-state index contributed by atoms with van der Waals surface area (Å²) >= 11 is -0.0507. The molecule has 23 heavy (non-hydrogen) atoms. The molecule has 0 aliphatic heterocycles. The van der Waals surface area contributed by atoms with E-state index in [-0.39, 0.29) is 20.9 Å². The van der Waals surface area contributed by atoms with Gasteiger partial charge >= 0.3 is 142 Å². The number of carbonyl (C=O) groups is 1. The Bertz CT molecular complexity index is 733. The zero-order valence-corrected chi connectivity index (χ0v) is 15.0. The van der Waals surface area contributed by atoms with Gasteiger partial charge in [0.25, 0.3) is 0 Å². The van der Waals surface area contributed by atoms with E-state index in [0.29, 0.717) is 11.3 Å². The maximum absolute atomic E-state index is 12.6. The van der Waals surface area contributed by atoms with Crippen LogP contribution in [-0.4, -0.2) is 28.0 Å². The van der Waals surface area contributed by atoms with Gasteiger partial charge in [-0.15, -0.1) is 0 Å². The fraction of sp³-hybridized carbons (Fsp3) is 0.222. The summed E-state index contributed by atoms with van der Waals surface area (Å²) in [7, 11) is 1.63. The first-order valence-corrected chi connectivity index (χ1v) is 8.81. The van der Waals surface area contributed by atoms with Gasteiger partial charge in [-0.05, 0) is 0 Å². The van der Waals surface area contributed by atoms with Crippen molar-refractivity contribution in [3.8, 4) is 11.8 Å². The van der Waals surface area contributed by atoms with Crippen LogP contribution in [0.3, 0.4) is 0 Å². The molecule has 0 unspecified atom stereocenters. The standard InChI is InChI=1S/C18H18N2O2Se/c1-18(2,23-15-10-8-14(22-3)9-11-15)17(21)20-16-7-5-4-6-13(16)12-19/h4-11H,1-3H3,(H,20,21). The number of nitrogens with zero attached hydrogens (tertiary/aromatic N) is 1. The molecule has 0 atom stereocenters. The number of benzene rings is 2. The Kier molecular flexibility index (Phi) is 5.44. The van der Waals surface area contributed by atoms with Crippen molar-refractivity contribution >= 4 is 31.0 Å². The van der Waals surface area contributed by atoms with Crippen molar-refractivity contribution in [2.24, 2.45) is 0 Å². The summed E-state index contributed by atoms with van der Waals surface area (Å²) in [6.07, 6.45) is 0. The average Bonchev–Trinajstić information content (AvgIpc) is 2.55. The molecular formula is C18H18N2O2Se. The quantitative estimate of drug-likeness (QED) is 0.820. The van der Waals surface area contributed by atoms with Crippen molar-refractivity contribution in [2.75, 3.05) is 12.4 Å². The molecule has 4 nitrogen and oxygen atoms in total. The van der Waals surface area contributed by atoms with E-state index in [4.69, 9.17) is 10.00 Å². The maximum atomic E-state index is 12.6. The van der Waals surface area contributed by atoms with Gasteiger partial charge in [0.05, 0.1) is 0 Å². The van der Waals surface area contributed by atoms with E-state index >= 15 is 0 Å². The number of ether oxygens (including phenoxy) is 1. The van der Waals surface area contributed by atoms with E-state index in [1.54, 1.807) is 31.4 Å². The van der Waals surface area contributed by atoms with Gasteiger partial charge in [0.15, 0.2) is 0 Å². The Hall–Kier alpha value is -2.28. The normalized spacial score (nSPS) is 10.7. The molecule has 0 bridgehead atoms. The summed E-state index contributed by atoms with van der Waals surface area (Å²) in [6.45, 7) is 3.84. The van der Waals surface area contributed by atoms with Crippen LogP contribution >= 0.6 is 0 Å². The molecule has 0 saturated heterocycles. The molecule has 0 heterocycles. The van der Waals surface area contributed by atoms with Crippen molar-refractivity contribution < 1.29 is 9.53 Å². The van der Waals surface area contributed by atoms with Gasteiger partial charge in [0, 0.05) is 0 Å². The number of nitriles is 1. The van der Waals surface area contributed by atoms with Gasteiger partial charge in [-0.3, -0.25) is 0 Å². The fourth-order valence-corrected chi connectivity index (χ4v) is 4.06. The van der Waals surface area contributed by atoms with Crippen LogP contribution in [0.25, 0.3) is 0 Å². The van der Waals surface area contributed by atoms with E-state index in [2.05, 4.69) is 11.4 Å². The minimum absolute atomic E-state index is 0.0507. The molecule has 2 rings (SSSR count). The summed E-state index contributed by atoms with van der Waals surface area (Å²) in [5, 5.41) is 12.0. The second-order valence-corrected chi connectivity index (χ2v) is 8.96. The van der Waals surface area contributed by atoms with E-state index < -0.39 is 4.31 Å². The molecule has 0 fully saturated rings. The molecule has 5 heteroatoms. The van der Waals surface area contributed by atoms with Crippen LogP contribution < -0.4 is 14.5 Å². The predicted octanol–water partition coefficient (Wildman–Crippen LogP) is 2.73. The third kappa shape index (κ3) is 4.35. The number of anilines is 1. The molecule has 0 spiro atoms. The first-order chi connectivity index (χ1) is 11.0. The van der Waals surface area contributed by atoms with Gasteiger partial charge < -0.3 is 0 Å². The molecule has 118 valence electrons. The monoisotopic (exact) mass is 374 g/mol. The number of methoxy groups -OCH3 is 1. The summed E-state index contributed by atoms with van der Waals surface area (Å²) in [6, 6.07) is 16.9. The van der Waals surface area contributed by atoms with Crippen LogP contribution in [0, 0.1) is 11.3 Å². The zero-order valence-electron chi connectivity index (χ0n) is 13.3. The second kappa shape index (κ2) is 7.32. The predicted molar refractivity (Wildman–Crippen MR) is 92.2 cm³/mol. The topological polar surface area (TPSA) is 62.1 Å². The van der Waals surface area contributed by atoms with Crippen LogP contribution in [-0.2, 0) is 4.79 Å². The summed E-state index contributed by atoms with van der Waals surface area (Å²) in [5.41, 5.74) is 1.02. The van der Waals surface area contributed by atoms with Crippen LogP contribution in [0.2, 0.25) is 4.31 Å². The van der Waals surface area contributed by atoms with Crippen LogP contribution in [0.15, 0.2) is 48.5 Å². The molecule has 1 amide bonds. The number of hydrogen-bond acceptors (Lipinski definition) is 3. The SMILES string of the molecule is COc1ccc([Se]C(C)(C)C(=O)Nc2ccccc2C#N)cc1. The Balaban J connectivity index is 2.11. The first kappa shape index (κ1) is 17.1. The number of amides is 1. The van der Waals surface area contributed by atoms with E-state index in [9.17, 15) is 4.79 Å². The molecule has 2 aromatic carbocycles. The molecule has 0 aliphatic carbocycles. The first-order valence-electron chi connectivity index (χ1n) is 7.10. The van der Waals surface area contributed by atoms with E-state index in [1.807, 2.05) is 38.1 Å². The number of hydrogen-bond donors (Lipinski definition) is 1. The fourth-order valence-electron chi connectivity index (χ4n) is 1.95. The van der Waals surface area contributed by atoms with E-state index in [0.717, 1.165) is 10.2 Å². The Morgan fingerprint density at radius 1 is 1.17 bits per heavy atom. The summed E-state index contributed by atoms with van der Waals surface area (Å²) in [5.74, 6) is 0.714. The second-order valence-electron chi connectivity index (χ2n) is 5.40. The average molecular weight is 373 g/mol. The van der Waals surface area contributed by atoms with Crippen molar-refractivity contribution in [1.29, 1.82) is 5.26 Å². The number of nitrogens with one attached hydrogen (secondary N) is 1. The number of carbonyl (C=O) groups excluding carboxylic acids is 1. The molecule has 1 N–H and O–H groups in total. The van der Waals surface area contributed by atoms with Gasteiger partial charge in [-0.1, -0.05) is 0 Å². The van der Waals surface area contributed by atoms with Gasteiger partial charge in [0.2, 0.25) is 0 Å². The Labute approximate surface area is 142 Å². The van der Waals surface area contributed by atoms with Crippen molar-refractivity contribution in [2.45, 2.75) is 18.2 Å². The summed E-state index contributed by atoms with van der Waals surface area (Å²) < 4.78 is 5.73. The van der Waals surface area contributed by atoms with Crippen LogP contribution in [0.5, 0.6) is 5.75 Å². The summed E-state index contributed by atoms with van der Waals surface area (Å²) in [4.78, 5) is 12.6. The Morgan fingerprint density at radius 3 is 2.43 bits per heavy atom. The van der Waals surface area contributed by atoms with Crippen molar-refractivity contribution in [3.05, 3.63) is 54.1 Å². The van der Waals surface area contributed by atoms with Gasteiger partial charge in [-0.25, -0.2) is 0 Å². The zero-order chi connectivity index (χ0) is 16.9. The van der Waals surface area contributed by atoms with Crippen molar-refractivity contribution in [3.63, 3.8) is 0 Å². The molecule has 2 aromatic rings. The molecule has 0 radical (unpaired) electrons. The minimum atomic E-state index is -0.538. The third-order valence-corrected chi connectivity index (χ3v) is 5.80. The van der Waals surface area contributed by atoms with Crippen molar-refractivity contribution in [1.82, 2.24) is 0 Å². The van der Waals surface area contributed by atoms with Crippen LogP contribution in [0.4, 0.5) is 5.69 Å². The Morgan fingerprint density at radius 2 is 1.83 bits per heavy atom. The number of rotatable bonds is 5. The molecule has 0 aromatic heterocycles. The molecular weight excluding hydrogens is 355 g/mol. The molecule has 0 saturated carbocycles. The van der Waals surface area contributed by atoms with Gasteiger partial charge in [-0.2, -0.15) is 0 Å². The van der Waals surface area contributed by atoms with E-state index in [1.165, 1.54) is 0 Å². The third-order valence-electron chi connectivity index (χ3n) is 3.27. The molecule has 0 aliphatic rings. The number of para-hydroxylation sites is 1. The van der Waals surface area contributed by atoms with Gasteiger partial charge in [0.1, 0.15) is 0 Å². The van der Waals surface area contributed by atoms with Crippen LogP contribution in [0.1, 0.15) is 19.4 Å².